The van der Waals surface area contributed by atoms with Crippen molar-refractivity contribution in [3.8, 4) is 0 Å². The van der Waals surface area contributed by atoms with Crippen LogP contribution >= 0.6 is 12.6 Å². The van der Waals surface area contributed by atoms with E-state index in [-0.39, 0.29) is 11.3 Å². The highest BCUT2D eigenvalue weighted by Crippen LogP contribution is 2.18. The predicted octanol–water partition coefficient (Wildman–Crippen LogP) is 1.91. The molecule has 1 aromatic carbocycles. The van der Waals surface area contributed by atoms with Gasteiger partial charge in [0.05, 0.1) is 11.3 Å². The number of para-hydroxylation sites is 1. The minimum atomic E-state index is -1.01. The van der Waals surface area contributed by atoms with Gasteiger partial charge in [0.2, 0.25) is 0 Å². The fraction of sp³-hybridized carbons (Fsp3) is 0.100. The molecule has 1 rings (SSSR count). The number of rotatable bonds is 3. The SMILES string of the molecule is Nc1c(C=CCS)cccc1C(=O)O. The number of carboxylic acids is 1. The zero-order valence-corrected chi connectivity index (χ0v) is 8.37. The third kappa shape index (κ3) is 2.29. The highest BCUT2D eigenvalue weighted by molar-refractivity contribution is 7.80. The summed E-state index contributed by atoms with van der Waals surface area (Å²) in [4.78, 5) is 10.7. The topological polar surface area (TPSA) is 63.3 Å². The Bertz CT molecular complexity index is 374. The zero-order valence-electron chi connectivity index (χ0n) is 7.47. The quantitative estimate of drug-likeness (QED) is 0.526. The number of anilines is 1. The van der Waals surface area contributed by atoms with Crippen LogP contribution in [-0.4, -0.2) is 16.8 Å². The first kappa shape index (κ1) is 10.7. The van der Waals surface area contributed by atoms with Crippen LogP contribution in [0.2, 0.25) is 0 Å². The molecule has 0 radical (unpaired) electrons. The van der Waals surface area contributed by atoms with Crippen molar-refractivity contribution in [2.75, 3.05) is 11.5 Å². The van der Waals surface area contributed by atoms with Gasteiger partial charge in [0, 0.05) is 5.75 Å². The lowest BCUT2D eigenvalue weighted by atomic mass is 10.1. The summed E-state index contributed by atoms with van der Waals surface area (Å²) < 4.78 is 0. The molecule has 0 aliphatic carbocycles. The maximum Gasteiger partial charge on any atom is 0.337 e. The van der Waals surface area contributed by atoms with E-state index in [9.17, 15) is 4.79 Å². The highest BCUT2D eigenvalue weighted by Gasteiger charge is 2.08. The molecule has 0 aliphatic rings. The number of hydrogen-bond donors (Lipinski definition) is 3. The number of benzene rings is 1. The molecule has 3 nitrogen and oxygen atoms in total. The molecule has 0 saturated heterocycles. The van der Waals surface area contributed by atoms with Gasteiger partial charge in [0.15, 0.2) is 0 Å². The van der Waals surface area contributed by atoms with Gasteiger partial charge < -0.3 is 10.8 Å². The van der Waals surface area contributed by atoms with Crippen LogP contribution in [0, 0.1) is 0 Å². The van der Waals surface area contributed by atoms with Crippen LogP contribution in [-0.2, 0) is 0 Å². The molecule has 0 heterocycles. The second kappa shape index (κ2) is 4.72. The second-order valence-electron chi connectivity index (χ2n) is 2.70. The van der Waals surface area contributed by atoms with Crippen LogP contribution in [0.4, 0.5) is 5.69 Å². The van der Waals surface area contributed by atoms with Gasteiger partial charge in [-0.25, -0.2) is 4.79 Å². The minimum Gasteiger partial charge on any atom is -0.478 e. The van der Waals surface area contributed by atoms with Gasteiger partial charge in [-0.05, 0) is 11.6 Å². The predicted molar refractivity (Wildman–Crippen MR) is 60.7 cm³/mol. The Hall–Kier alpha value is -1.42. The van der Waals surface area contributed by atoms with Crippen molar-refractivity contribution in [1.82, 2.24) is 0 Å². The van der Waals surface area contributed by atoms with Crippen LogP contribution in [0.25, 0.3) is 6.08 Å². The van der Waals surface area contributed by atoms with Gasteiger partial charge in [-0.2, -0.15) is 12.6 Å². The Morgan fingerprint density at radius 3 is 2.86 bits per heavy atom. The lowest BCUT2D eigenvalue weighted by Crippen LogP contribution is -2.03. The van der Waals surface area contributed by atoms with Crippen LogP contribution in [0.3, 0.4) is 0 Å². The molecule has 0 spiro atoms. The van der Waals surface area contributed by atoms with Crippen molar-refractivity contribution in [3.63, 3.8) is 0 Å². The summed E-state index contributed by atoms with van der Waals surface area (Å²) in [5.74, 6) is -0.417. The van der Waals surface area contributed by atoms with Gasteiger partial charge in [0.1, 0.15) is 0 Å². The lowest BCUT2D eigenvalue weighted by Gasteiger charge is -2.03. The summed E-state index contributed by atoms with van der Waals surface area (Å²) in [7, 11) is 0. The molecule has 0 amide bonds. The first-order chi connectivity index (χ1) is 6.66. The summed E-state index contributed by atoms with van der Waals surface area (Å²) in [5.41, 5.74) is 6.80. The smallest absolute Gasteiger partial charge is 0.337 e. The number of nitrogens with two attached hydrogens (primary N) is 1. The minimum absolute atomic E-state index is 0.131. The van der Waals surface area contributed by atoms with Gasteiger partial charge in [0.25, 0.3) is 0 Å². The summed E-state index contributed by atoms with van der Waals surface area (Å²) in [5, 5.41) is 8.80. The normalized spacial score (nSPS) is 10.6. The van der Waals surface area contributed by atoms with Crippen molar-refractivity contribution in [3.05, 3.63) is 35.4 Å². The molecular weight excluding hydrogens is 198 g/mol. The largest absolute Gasteiger partial charge is 0.478 e. The average molecular weight is 209 g/mol. The summed E-state index contributed by atoms with van der Waals surface area (Å²) in [6.07, 6.45) is 3.56. The van der Waals surface area contributed by atoms with Gasteiger partial charge in [-0.3, -0.25) is 0 Å². The zero-order chi connectivity index (χ0) is 10.6. The van der Waals surface area contributed by atoms with Gasteiger partial charge in [-0.1, -0.05) is 24.3 Å². The number of thiol groups is 1. The lowest BCUT2D eigenvalue weighted by molar-refractivity contribution is 0.0698. The van der Waals surface area contributed by atoms with Crippen molar-refractivity contribution in [2.24, 2.45) is 0 Å². The third-order valence-electron chi connectivity index (χ3n) is 1.77. The van der Waals surface area contributed by atoms with Crippen LogP contribution in [0.1, 0.15) is 15.9 Å². The number of carbonyl (C=O) groups is 1. The van der Waals surface area contributed by atoms with Gasteiger partial charge >= 0.3 is 5.97 Å². The fourth-order valence-electron chi connectivity index (χ4n) is 1.09. The summed E-state index contributed by atoms with van der Waals surface area (Å²) in [6, 6.07) is 4.91. The molecule has 0 unspecified atom stereocenters. The van der Waals surface area contributed by atoms with Crippen LogP contribution < -0.4 is 5.73 Å². The molecule has 0 saturated carbocycles. The Labute approximate surface area is 87.7 Å². The standard InChI is InChI=1S/C10H11NO2S/c11-9-7(4-2-6-14)3-1-5-8(9)10(12)13/h1-5,14H,6,11H2,(H,12,13). The monoisotopic (exact) mass is 209 g/mol. The van der Waals surface area contributed by atoms with Crippen molar-refractivity contribution in [1.29, 1.82) is 0 Å². The molecule has 0 fully saturated rings. The molecule has 0 bridgehead atoms. The van der Waals surface area contributed by atoms with Crippen molar-refractivity contribution >= 4 is 30.4 Å². The molecular formula is C10H11NO2S. The molecule has 0 aliphatic heterocycles. The van der Waals surface area contributed by atoms with Gasteiger partial charge in [-0.15, -0.1) is 0 Å². The first-order valence-electron chi connectivity index (χ1n) is 4.06. The Kier molecular flexibility index (Phi) is 3.59. The highest BCUT2D eigenvalue weighted by atomic mass is 32.1. The Morgan fingerprint density at radius 1 is 1.57 bits per heavy atom. The van der Waals surface area contributed by atoms with Crippen molar-refractivity contribution < 1.29 is 9.90 Å². The summed E-state index contributed by atoms with van der Waals surface area (Å²) in [6.45, 7) is 0. The Morgan fingerprint density at radius 2 is 2.29 bits per heavy atom. The van der Waals surface area contributed by atoms with E-state index < -0.39 is 5.97 Å². The number of carboxylic acid groups (broad SMARTS) is 1. The van der Waals surface area contributed by atoms with Crippen molar-refractivity contribution in [2.45, 2.75) is 0 Å². The molecule has 1 aromatic rings. The van der Waals surface area contributed by atoms with E-state index in [1.807, 2.05) is 0 Å². The van der Waals surface area contributed by atoms with E-state index in [2.05, 4.69) is 12.6 Å². The number of nitrogen functional groups attached to an aromatic ring is 1. The van der Waals surface area contributed by atoms with Crippen LogP contribution in [0.5, 0.6) is 0 Å². The van der Waals surface area contributed by atoms with E-state index >= 15 is 0 Å². The number of hydrogen-bond acceptors (Lipinski definition) is 3. The molecule has 3 N–H and O–H groups in total. The maximum atomic E-state index is 10.7. The van der Waals surface area contributed by atoms with Crippen LogP contribution in [0.15, 0.2) is 24.3 Å². The third-order valence-corrected chi connectivity index (χ3v) is 1.98. The average Bonchev–Trinajstić information content (AvgIpc) is 2.16. The first-order valence-corrected chi connectivity index (χ1v) is 4.69. The number of aromatic carboxylic acids is 1. The molecule has 0 aromatic heterocycles. The molecule has 14 heavy (non-hydrogen) atoms. The molecule has 4 heteroatoms. The van der Waals surface area contributed by atoms with E-state index in [0.717, 1.165) is 0 Å². The van der Waals surface area contributed by atoms with E-state index in [1.54, 1.807) is 24.3 Å². The Balaban J connectivity index is 3.14. The molecule has 74 valence electrons. The molecule has 0 atom stereocenters. The van der Waals surface area contributed by atoms with E-state index in [1.165, 1.54) is 6.07 Å². The van der Waals surface area contributed by atoms with E-state index in [4.69, 9.17) is 10.8 Å². The van der Waals surface area contributed by atoms with E-state index in [0.29, 0.717) is 11.3 Å². The summed E-state index contributed by atoms with van der Waals surface area (Å²) >= 11 is 4.01. The fourth-order valence-corrected chi connectivity index (χ4v) is 1.20. The second-order valence-corrected chi connectivity index (χ2v) is 3.06. The maximum absolute atomic E-state index is 10.7.